The minimum absolute atomic E-state index is 0.402. The first-order chi connectivity index (χ1) is 4.13. The van der Waals surface area contributed by atoms with Crippen LogP contribution in [-0.4, -0.2) is 17.1 Å². The molecule has 0 aromatic carbocycles. The van der Waals surface area contributed by atoms with Crippen LogP contribution in [0.15, 0.2) is 4.99 Å². The number of rotatable bonds is 3. The molecule has 0 unspecified atom stereocenters. The highest BCUT2D eigenvalue weighted by atomic mass is 32.1. The molecule has 0 radical (unpaired) electrons. The molecule has 2 heteroatoms. The van der Waals surface area contributed by atoms with Gasteiger partial charge < -0.3 is 0 Å². The maximum absolute atomic E-state index is 4.86. The second-order valence-corrected chi connectivity index (χ2v) is 3.03. The van der Waals surface area contributed by atoms with Gasteiger partial charge in [0.2, 0.25) is 0 Å². The van der Waals surface area contributed by atoms with Crippen molar-refractivity contribution in [1.82, 2.24) is 0 Å². The molecule has 0 aliphatic carbocycles. The summed E-state index contributed by atoms with van der Waals surface area (Å²) in [4.78, 5) is 5.15. The average molecular weight is 143 g/mol. The summed E-state index contributed by atoms with van der Waals surface area (Å²) < 4.78 is 0. The van der Waals surface area contributed by atoms with Crippen LogP contribution in [0.1, 0.15) is 27.2 Å². The zero-order valence-corrected chi connectivity index (χ0v) is 7.03. The second-order valence-electron chi connectivity index (χ2n) is 2.33. The van der Waals surface area contributed by atoms with E-state index in [-0.39, 0.29) is 0 Å². The van der Waals surface area contributed by atoms with Crippen LogP contribution in [0.25, 0.3) is 0 Å². The zero-order chi connectivity index (χ0) is 7.28. The molecular formula is C7H13NS. The van der Waals surface area contributed by atoms with Gasteiger partial charge in [-0.15, -0.1) is 0 Å². The average Bonchev–Trinajstić information content (AvgIpc) is 1.63. The molecule has 0 rings (SSSR count). The van der Waals surface area contributed by atoms with E-state index in [1.165, 1.54) is 0 Å². The SMILES string of the molecule is CC(=S)CC=NC(C)C. The van der Waals surface area contributed by atoms with E-state index in [9.17, 15) is 0 Å². The van der Waals surface area contributed by atoms with E-state index < -0.39 is 0 Å². The van der Waals surface area contributed by atoms with Gasteiger partial charge in [-0.1, -0.05) is 12.2 Å². The molecule has 1 nitrogen and oxygen atoms in total. The predicted molar refractivity (Wildman–Crippen MR) is 46.5 cm³/mol. The highest BCUT2D eigenvalue weighted by Gasteiger charge is 1.84. The predicted octanol–water partition coefficient (Wildman–Crippen LogP) is 2.25. The number of hydrogen-bond acceptors (Lipinski definition) is 2. The van der Waals surface area contributed by atoms with Crippen molar-refractivity contribution in [2.24, 2.45) is 4.99 Å². The molecule has 0 saturated carbocycles. The smallest absolute Gasteiger partial charge is 0.0439 e. The van der Waals surface area contributed by atoms with Crippen molar-refractivity contribution >= 4 is 23.3 Å². The lowest BCUT2D eigenvalue weighted by atomic mass is 10.3. The van der Waals surface area contributed by atoms with Crippen LogP contribution in [0.2, 0.25) is 0 Å². The molecule has 0 N–H and O–H groups in total. The van der Waals surface area contributed by atoms with Crippen molar-refractivity contribution in [3.63, 3.8) is 0 Å². The maximum Gasteiger partial charge on any atom is 0.0439 e. The van der Waals surface area contributed by atoms with Gasteiger partial charge in [-0.05, 0) is 25.6 Å². The summed E-state index contributed by atoms with van der Waals surface area (Å²) in [5.41, 5.74) is 0. The van der Waals surface area contributed by atoms with Gasteiger partial charge in [0.1, 0.15) is 0 Å². The Morgan fingerprint density at radius 2 is 2.22 bits per heavy atom. The van der Waals surface area contributed by atoms with E-state index in [2.05, 4.69) is 18.8 Å². The summed E-state index contributed by atoms with van der Waals surface area (Å²) in [5, 5.41) is 0. The third-order valence-electron chi connectivity index (χ3n) is 0.782. The monoisotopic (exact) mass is 143 g/mol. The second kappa shape index (κ2) is 4.62. The zero-order valence-electron chi connectivity index (χ0n) is 6.22. The van der Waals surface area contributed by atoms with Crippen molar-refractivity contribution in [3.05, 3.63) is 0 Å². The first-order valence-electron chi connectivity index (χ1n) is 3.14. The Balaban J connectivity index is 3.36. The van der Waals surface area contributed by atoms with E-state index in [1.807, 2.05) is 13.1 Å². The summed E-state index contributed by atoms with van der Waals surface area (Å²) in [6.45, 7) is 6.03. The summed E-state index contributed by atoms with van der Waals surface area (Å²) in [5.74, 6) is 0. The van der Waals surface area contributed by atoms with Gasteiger partial charge in [-0.25, -0.2) is 0 Å². The van der Waals surface area contributed by atoms with Gasteiger partial charge in [0.25, 0.3) is 0 Å². The van der Waals surface area contributed by atoms with E-state index in [0.29, 0.717) is 6.04 Å². The minimum atomic E-state index is 0.402. The molecule has 52 valence electrons. The van der Waals surface area contributed by atoms with Crippen LogP contribution in [0, 0.1) is 0 Å². The Bertz CT molecular complexity index is 116. The van der Waals surface area contributed by atoms with Gasteiger partial charge in [-0.2, -0.15) is 0 Å². The lowest BCUT2D eigenvalue weighted by Crippen LogP contribution is -1.92. The van der Waals surface area contributed by atoms with Gasteiger partial charge in [-0.3, -0.25) is 4.99 Å². The van der Waals surface area contributed by atoms with Crippen molar-refractivity contribution in [2.75, 3.05) is 0 Å². The van der Waals surface area contributed by atoms with Gasteiger partial charge in [0, 0.05) is 18.7 Å². The Labute approximate surface area is 62.2 Å². The fourth-order valence-electron chi connectivity index (χ4n) is 0.392. The van der Waals surface area contributed by atoms with E-state index in [1.54, 1.807) is 0 Å². The van der Waals surface area contributed by atoms with Crippen LogP contribution >= 0.6 is 12.2 Å². The van der Waals surface area contributed by atoms with Crippen LogP contribution < -0.4 is 0 Å². The van der Waals surface area contributed by atoms with Crippen LogP contribution in [-0.2, 0) is 0 Å². The van der Waals surface area contributed by atoms with E-state index >= 15 is 0 Å². The molecule has 9 heavy (non-hydrogen) atoms. The summed E-state index contributed by atoms with van der Waals surface area (Å²) in [6.07, 6.45) is 2.72. The molecule has 0 spiro atoms. The number of hydrogen-bond donors (Lipinski definition) is 0. The molecule has 0 aromatic heterocycles. The highest BCUT2D eigenvalue weighted by molar-refractivity contribution is 7.80. The summed E-state index contributed by atoms with van der Waals surface area (Å²) in [6, 6.07) is 0.402. The minimum Gasteiger partial charge on any atom is -0.294 e. The molecule has 0 bridgehead atoms. The Morgan fingerprint density at radius 3 is 2.56 bits per heavy atom. The fraction of sp³-hybridized carbons (Fsp3) is 0.714. The van der Waals surface area contributed by atoms with Gasteiger partial charge in [0.05, 0.1) is 0 Å². The quantitative estimate of drug-likeness (QED) is 0.436. The number of aliphatic imine (C=N–C) groups is 1. The van der Waals surface area contributed by atoms with Crippen molar-refractivity contribution < 1.29 is 0 Å². The lowest BCUT2D eigenvalue weighted by molar-refractivity contribution is 0.839. The Kier molecular flexibility index (Phi) is 4.50. The van der Waals surface area contributed by atoms with Crippen LogP contribution in [0.4, 0.5) is 0 Å². The maximum atomic E-state index is 4.86. The molecular weight excluding hydrogens is 130 g/mol. The molecule has 0 amide bonds. The normalized spacial score (nSPS) is 11.1. The molecule has 0 atom stereocenters. The molecule has 0 heterocycles. The highest BCUT2D eigenvalue weighted by Crippen LogP contribution is 1.86. The van der Waals surface area contributed by atoms with Gasteiger partial charge in [0.15, 0.2) is 0 Å². The Morgan fingerprint density at radius 1 is 1.67 bits per heavy atom. The largest absolute Gasteiger partial charge is 0.294 e. The molecule has 0 fully saturated rings. The van der Waals surface area contributed by atoms with Crippen molar-refractivity contribution in [3.8, 4) is 0 Å². The third kappa shape index (κ3) is 7.76. The number of thiocarbonyl (C=S) groups is 1. The molecule has 0 aromatic rings. The number of nitrogens with zero attached hydrogens (tertiary/aromatic N) is 1. The molecule has 0 aliphatic heterocycles. The van der Waals surface area contributed by atoms with Crippen LogP contribution in [0.5, 0.6) is 0 Å². The van der Waals surface area contributed by atoms with E-state index in [0.717, 1.165) is 11.3 Å². The standard InChI is InChI=1S/C7H13NS/c1-6(2)8-5-4-7(3)9/h5-6H,4H2,1-3H3. The van der Waals surface area contributed by atoms with Crippen LogP contribution in [0.3, 0.4) is 0 Å². The first kappa shape index (κ1) is 8.76. The topological polar surface area (TPSA) is 12.4 Å². The Hall–Kier alpha value is -0.240. The molecule has 0 saturated heterocycles. The van der Waals surface area contributed by atoms with Crippen molar-refractivity contribution in [1.29, 1.82) is 0 Å². The van der Waals surface area contributed by atoms with E-state index in [4.69, 9.17) is 12.2 Å². The lowest BCUT2D eigenvalue weighted by Gasteiger charge is -1.92. The van der Waals surface area contributed by atoms with Gasteiger partial charge >= 0.3 is 0 Å². The molecule has 0 aliphatic rings. The first-order valence-corrected chi connectivity index (χ1v) is 3.55. The fourth-order valence-corrected chi connectivity index (χ4v) is 0.467. The summed E-state index contributed by atoms with van der Waals surface area (Å²) in [7, 11) is 0. The van der Waals surface area contributed by atoms with Crippen molar-refractivity contribution in [2.45, 2.75) is 33.2 Å². The third-order valence-corrected chi connectivity index (χ3v) is 0.949. The summed E-state index contributed by atoms with van der Waals surface area (Å²) >= 11 is 4.86.